The number of fused-ring (bicyclic) bond motifs is 1. The first-order valence-corrected chi connectivity index (χ1v) is 8.55. The van der Waals surface area contributed by atoms with Crippen LogP contribution in [-0.2, 0) is 6.54 Å². The first-order chi connectivity index (χ1) is 10.3. The van der Waals surface area contributed by atoms with E-state index in [9.17, 15) is 0 Å². The maximum atomic E-state index is 4.60. The van der Waals surface area contributed by atoms with Crippen molar-refractivity contribution in [3.63, 3.8) is 0 Å². The summed E-state index contributed by atoms with van der Waals surface area (Å²) in [4.78, 5) is 7.18. The second kappa shape index (κ2) is 6.86. The van der Waals surface area contributed by atoms with E-state index in [0.29, 0.717) is 6.04 Å². The molecule has 0 bridgehead atoms. The van der Waals surface area contributed by atoms with E-state index in [1.54, 1.807) is 0 Å². The van der Waals surface area contributed by atoms with E-state index in [0.717, 1.165) is 36.2 Å². The molecule has 2 aromatic rings. The van der Waals surface area contributed by atoms with Crippen LogP contribution in [0.15, 0.2) is 34.9 Å². The minimum atomic E-state index is 0.645. The number of aromatic nitrogens is 1. The van der Waals surface area contributed by atoms with Crippen LogP contribution in [0.25, 0.3) is 10.9 Å². The Morgan fingerprint density at radius 2 is 2.29 bits per heavy atom. The maximum Gasteiger partial charge on any atom is 0.0758 e. The molecule has 0 radical (unpaired) electrons. The van der Waals surface area contributed by atoms with Gasteiger partial charge in [-0.1, -0.05) is 35.0 Å². The number of nitrogens with one attached hydrogen (secondary N) is 1. The molecule has 112 valence electrons. The Morgan fingerprint density at radius 1 is 1.38 bits per heavy atom. The molecule has 0 amide bonds. The average Bonchev–Trinajstić information content (AvgIpc) is 2.55. The van der Waals surface area contributed by atoms with Crippen molar-refractivity contribution in [3.05, 3.63) is 40.5 Å². The van der Waals surface area contributed by atoms with Gasteiger partial charge in [0.05, 0.1) is 5.52 Å². The lowest BCUT2D eigenvalue weighted by atomic mass is 10.0. The molecule has 1 aromatic heterocycles. The third-order valence-electron chi connectivity index (χ3n) is 4.37. The minimum absolute atomic E-state index is 0.645. The molecule has 1 fully saturated rings. The molecule has 1 N–H and O–H groups in total. The minimum Gasteiger partial charge on any atom is -0.315 e. The SMILES string of the molecule is CCN(Cc1ccc(Br)c2cccnc12)C1CCCNC1. The van der Waals surface area contributed by atoms with Gasteiger partial charge >= 0.3 is 0 Å². The van der Waals surface area contributed by atoms with Crippen LogP contribution >= 0.6 is 15.9 Å². The third kappa shape index (κ3) is 3.28. The van der Waals surface area contributed by atoms with E-state index in [-0.39, 0.29) is 0 Å². The average molecular weight is 348 g/mol. The highest BCUT2D eigenvalue weighted by atomic mass is 79.9. The van der Waals surface area contributed by atoms with Crippen LogP contribution in [0.2, 0.25) is 0 Å². The second-order valence-corrected chi connectivity index (χ2v) is 6.52. The van der Waals surface area contributed by atoms with E-state index >= 15 is 0 Å². The van der Waals surface area contributed by atoms with Gasteiger partial charge < -0.3 is 5.32 Å². The van der Waals surface area contributed by atoms with E-state index in [4.69, 9.17) is 0 Å². The van der Waals surface area contributed by atoms with Crippen molar-refractivity contribution in [2.75, 3.05) is 19.6 Å². The van der Waals surface area contributed by atoms with Crippen molar-refractivity contribution in [1.29, 1.82) is 0 Å². The van der Waals surface area contributed by atoms with Crippen LogP contribution in [0.1, 0.15) is 25.3 Å². The molecule has 3 rings (SSSR count). The molecule has 0 spiro atoms. The van der Waals surface area contributed by atoms with Crippen molar-refractivity contribution >= 4 is 26.8 Å². The number of likely N-dealkylation sites (N-methyl/N-ethyl adjacent to an activating group) is 1. The summed E-state index contributed by atoms with van der Waals surface area (Å²) in [5, 5.41) is 4.72. The largest absolute Gasteiger partial charge is 0.315 e. The van der Waals surface area contributed by atoms with Gasteiger partial charge in [0, 0.05) is 35.2 Å². The molecule has 1 atom stereocenters. The van der Waals surface area contributed by atoms with Crippen molar-refractivity contribution in [3.8, 4) is 0 Å². The predicted octanol–water partition coefficient (Wildman–Crippen LogP) is 3.57. The Kier molecular flexibility index (Phi) is 4.88. The zero-order valence-corrected chi connectivity index (χ0v) is 14.1. The molecule has 1 aliphatic rings. The Bertz CT molecular complexity index is 608. The highest BCUT2D eigenvalue weighted by Gasteiger charge is 2.20. The molecule has 1 unspecified atom stereocenters. The first-order valence-electron chi connectivity index (χ1n) is 7.76. The Balaban J connectivity index is 1.87. The zero-order valence-electron chi connectivity index (χ0n) is 12.5. The van der Waals surface area contributed by atoms with E-state index in [1.165, 1.54) is 23.8 Å². The Morgan fingerprint density at radius 3 is 3.05 bits per heavy atom. The summed E-state index contributed by atoms with van der Waals surface area (Å²) < 4.78 is 1.12. The predicted molar refractivity (Wildman–Crippen MR) is 91.4 cm³/mol. The number of benzene rings is 1. The van der Waals surface area contributed by atoms with Gasteiger partial charge in [-0.25, -0.2) is 0 Å². The number of nitrogens with zero attached hydrogens (tertiary/aromatic N) is 2. The Hall–Kier alpha value is -0.970. The topological polar surface area (TPSA) is 28.2 Å². The fourth-order valence-corrected chi connectivity index (χ4v) is 3.64. The summed E-state index contributed by atoms with van der Waals surface area (Å²) in [7, 11) is 0. The molecular formula is C17H22BrN3. The molecule has 0 aliphatic carbocycles. The third-order valence-corrected chi connectivity index (χ3v) is 5.06. The second-order valence-electron chi connectivity index (χ2n) is 5.67. The molecule has 3 nitrogen and oxygen atoms in total. The molecule has 1 saturated heterocycles. The number of hydrogen-bond acceptors (Lipinski definition) is 3. The van der Waals surface area contributed by atoms with Crippen molar-refractivity contribution in [2.45, 2.75) is 32.4 Å². The van der Waals surface area contributed by atoms with Crippen molar-refractivity contribution in [2.24, 2.45) is 0 Å². The highest BCUT2D eigenvalue weighted by Crippen LogP contribution is 2.26. The summed E-state index contributed by atoms with van der Waals surface area (Å²) in [6, 6.07) is 9.13. The fraction of sp³-hybridized carbons (Fsp3) is 0.471. The molecule has 0 saturated carbocycles. The quantitative estimate of drug-likeness (QED) is 0.916. The highest BCUT2D eigenvalue weighted by molar-refractivity contribution is 9.10. The van der Waals surface area contributed by atoms with Crippen LogP contribution in [0.5, 0.6) is 0 Å². The summed E-state index contributed by atoms with van der Waals surface area (Å²) in [6.45, 7) is 6.58. The molecule has 1 aliphatic heterocycles. The molecule has 21 heavy (non-hydrogen) atoms. The fourth-order valence-electron chi connectivity index (χ4n) is 3.19. The molecule has 2 heterocycles. The van der Waals surface area contributed by atoms with Gasteiger partial charge in [0.2, 0.25) is 0 Å². The molecule has 1 aromatic carbocycles. The Labute approximate surface area is 134 Å². The lowest BCUT2D eigenvalue weighted by molar-refractivity contribution is 0.166. The monoisotopic (exact) mass is 347 g/mol. The van der Waals surface area contributed by atoms with Gasteiger partial charge in [0.15, 0.2) is 0 Å². The number of rotatable bonds is 4. The van der Waals surface area contributed by atoms with Crippen molar-refractivity contribution < 1.29 is 0 Å². The smallest absolute Gasteiger partial charge is 0.0758 e. The van der Waals surface area contributed by atoms with Gasteiger partial charge in [-0.2, -0.15) is 0 Å². The van der Waals surface area contributed by atoms with Gasteiger partial charge in [-0.05, 0) is 43.6 Å². The normalized spacial score (nSPS) is 19.3. The number of halogens is 1. The zero-order chi connectivity index (χ0) is 14.7. The van der Waals surface area contributed by atoms with Gasteiger partial charge in [-0.3, -0.25) is 9.88 Å². The van der Waals surface area contributed by atoms with E-state index in [2.05, 4.69) is 56.3 Å². The molecule has 4 heteroatoms. The van der Waals surface area contributed by atoms with Crippen LogP contribution in [0, 0.1) is 0 Å². The lowest BCUT2D eigenvalue weighted by Gasteiger charge is -2.34. The summed E-state index contributed by atoms with van der Waals surface area (Å²) in [5.74, 6) is 0. The molecular weight excluding hydrogens is 326 g/mol. The number of hydrogen-bond donors (Lipinski definition) is 1. The van der Waals surface area contributed by atoms with Crippen LogP contribution < -0.4 is 5.32 Å². The first kappa shape index (κ1) is 14.9. The number of pyridine rings is 1. The van der Waals surface area contributed by atoms with Crippen molar-refractivity contribution in [1.82, 2.24) is 15.2 Å². The summed E-state index contributed by atoms with van der Waals surface area (Å²) in [6.07, 6.45) is 4.46. The van der Waals surface area contributed by atoms with E-state index < -0.39 is 0 Å². The van der Waals surface area contributed by atoms with Gasteiger partial charge in [-0.15, -0.1) is 0 Å². The summed E-state index contributed by atoms with van der Waals surface area (Å²) >= 11 is 3.63. The standard InChI is InChI=1S/C17H22BrN3/c1-2-21(14-5-3-9-19-11-14)12-13-7-8-16(18)15-6-4-10-20-17(13)15/h4,6-8,10,14,19H,2-3,5,9,11-12H2,1H3. The number of piperidine rings is 1. The summed E-state index contributed by atoms with van der Waals surface area (Å²) in [5.41, 5.74) is 2.44. The van der Waals surface area contributed by atoms with Gasteiger partial charge in [0.25, 0.3) is 0 Å². The van der Waals surface area contributed by atoms with E-state index in [1.807, 2.05) is 12.3 Å². The lowest BCUT2D eigenvalue weighted by Crippen LogP contribution is -2.45. The van der Waals surface area contributed by atoms with Crippen LogP contribution in [-0.4, -0.2) is 35.6 Å². The van der Waals surface area contributed by atoms with Crippen LogP contribution in [0.3, 0.4) is 0 Å². The van der Waals surface area contributed by atoms with Gasteiger partial charge in [0.1, 0.15) is 0 Å². The van der Waals surface area contributed by atoms with Crippen LogP contribution in [0.4, 0.5) is 0 Å². The maximum absolute atomic E-state index is 4.60.